The number of carboxylic acids is 1. The Hall–Kier alpha value is -4.76. The number of aryl methyl sites for hydroxylation is 1. The van der Waals surface area contributed by atoms with Gasteiger partial charge in [-0.1, -0.05) is 55.5 Å². The van der Waals surface area contributed by atoms with Gasteiger partial charge in [-0.3, -0.25) is 10.1 Å². The largest absolute Gasteiger partial charge is 0.493 e. The standard InChI is InChI=1S/C42H44N4O4S/c1-25-17-28-18-26(2)21-42(20-25,22-28)24-50-30-11-12-31(27(3)19-30)32-13-14-37(44-38(32)40(48)49)46-16-15-29-7-6-8-33(34(29)23-46)39(47)45-41-43-35-9-4-5-10-36(35)51-41/h4-14,19,25-26,28H,15-18,20-24H2,1-3H3,(H,48,49)(H,43,45,47). The number of hydrogen-bond donors (Lipinski definition) is 2. The summed E-state index contributed by atoms with van der Waals surface area (Å²) in [6, 6.07) is 23.3. The summed E-state index contributed by atoms with van der Waals surface area (Å²) in [7, 11) is 0. The van der Waals surface area contributed by atoms with Gasteiger partial charge in [0, 0.05) is 29.6 Å². The molecule has 2 atom stereocenters. The Morgan fingerprint density at radius 3 is 2.51 bits per heavy atom. The molecule has 262 valence electrons. The summed E-state index contributed by atoms with van der Waals surface area (Å²) >= 11 is 1.45. The van der Waals surface area contributed by atoms with Gasteiger partial charge in [-0.15, -0.1) is 0 Å². The molecule has 5 aromatic rings. The first-order chi connectivity index (χ1) is 24.6. The van der Waals surface area contributed by atoms with Crippen molar-refractivity contribution in [2.24, 2.45) is 23.2 Å². The second-order valence-electron chi connectivity index (χ2n) is 15.4. The van der Waals surface area contributed by atoms with Crippen molar-refractivity contribution in [1.82, 2.24) is 9.97 Å². The van der Waals surface area contributed by atoms with Gasteiger partial charge in [0.25, 0.3) is 5.91 Å². The molecule has 2 aromatic heterocycles. The average molecular weight is 701 g/mol. The molecule has 8 rings (SSSR count). The maximum atomic E-state index is 13.5. The number of aromatic carboxylic acids is 1. The minimum Gasteiger partial charge on any atom is -0.493 e. The van der Waals surface area contributed by atoms with Gasteiger partial charge < -0.3 is 14.7 Å². The van der Waals surface area contributed by atoms with Crippen molar-refractivity contribution in [3.8, 4) is 16.9 Å². The van der Waals surface area contributed by atoms with Crippen molar-refractivity contribution in [2.45, 2.75) is 65.8 Å². The summed E-state index contributed by atoms with van der Waals surface area (Å²) in [5.41, 5.74) is 6.06. The smallest absolute Gasteiger partial charge is 0.355 e. The van der Waals surface area contributed by atoms with Crippen LogP contribution in [0.4, 0.5) is 10.9 Å². The molecular weight excluding hydrogens is 657 g/mol. The number of carboxylic acid groups (broad SMARTS) is 1. The number of nitrogens with one attached hydrogen (secondary N) is 1. The molecule has 1 amide bonds. The molecule has 0 spiro atoms. The number of carbonyl (C=O) groups excluding carboxylic acids is 1. The molecule has 2 bridgehead atoms. The predicted molar refractivity (Wildman–Crippen MR) is 203 cm³/mol. The van der Waals surface area contributed by atoms with Gasteiger partial charge in [-0.2, -0.15) is 0 Å². The first-order valence-corrected chi connectivity index (χ1v) is 19.0. The number of ether oxygens (including phenoxy) is 1. The fraction of sp³-hybridized carbons (Fsp3) is 0.381. The second kappa shape index (κ2) is 13.4. The third-order valence-electron chi connectivity index (χ3n) is 11.2. The molecule has 3 aliphatic rings. The zero-order valence-electron chi connectivity index (χ0n) is 29.4. The Kier molecular flexibility index (Phi) is 8.78. The zero-order valence-corrected chi connectivity index (χ0v) is 30.3. The highest BCUT2D eigenvalue weighted by atomic mass is 32.1. The highest BCUT2D eigenvalue weighted by Crippen LogP contribution is 2.53. The molecule has 1 aliphatic heterocycles. The maximum Gasteiger partial charge on any atom is 0.355 e. The summed E-state index contributed by atoms with van der Waals surface area (Å²) in [5.74, 6) is 2.40. The van der Waals surface area contributed by atoms with Crippen LogP contribution in [-0.2, 0) is 13.0 Å². The van der Waals surface area contributed by atoms with Crippen molar-refractivity contribution in [3.63, 3.8) is 0 Å². The molecule has 2 saturated carbocycles. The molecule has 51 heavy (non-hydrogen) atoms. The number of amides is 1. The fourth-order valence-electron chi connectivity index (χ4n) is 9.43. The van der Waals surface area contributed by atoms with Gasteiger partial charge in [0.05, 0.1) is 16.8 Å². The van der Waals surface area contributed by atoms with E-state index in [1.165, 1.54) is 43.4 Å². The monoisotopic (exact) mass is 700 g/mol. The summed E-state index contributed by atoms with van der Waals surface area (Å²) < 4.78 is 7.51. The van der Waals surface area contributed by atoms with Crippen LogP contribution in [0, 0.1) is 30.1 Å². The van der Waals surface area contributed by atoms with Gasteiger partial charge in [0.1, 0.15) is 11.6 Å². The minimum absolute atomic E-state index is 0.00856. The van der Waals surface area contributed by atoms with Crippen molar-refractivity contribution >= 4 is 44.4 Å². The molecule has 2 unspecified atom stereocenters. The number of thiazole rings is 1. The van der Waals surface area contributed by atoms with Crippen LogP contribution in [-0.4, -0.2) is 40.1 Å². The zero-order chi connectivity index (χ0) is 35.3. The van der Waals surface area contributed by atoms with Gasteiger partial charge in [0.15, 0.2) is 10.8 Å². The van der Waals surface area contributed by atoms with E-state index in [9.17, 15) is 14.7 Å². The molecule has 2 aliphatic carbocycles. The number of pyridine rings is 1. The van der Waals surface area contributed by atoms with Gasteiger partial charge in [-0.05, 0) is 128 Å². The van der Waals surface area contributed by atoms with Crippen LogP contribution in [0.2, 0.25) is 0 Å². The van der Waals surface area contributed by atoms with Gasteiger partial charge in [0.2, 0.25) is 0 Å². The number of nitrogens with zero attached hydrogens (tertiary/aromatic N) is 3. The average Bonchev–Trinajstić information content (AvgIpc) is 3.52. The first-order valence-electron chi connectivity index (χ1n) is 18.1. The Morgan fingerprint density at radius 1 is 0.961 bits per heavy atom. The van der Waals surface area contributed by atoms with Crippen molar-refractivity contribution in [2.75, 3.05) is 23.4 Å². The van der Waals surface area contributed by atoms with Crippen LogP contribution in [0.1, 0.15) is 83.5 Å². The number of fused-ring (bicyclic) bond motifs is 4. The summed E-state index contributed by atoms with van der Waals surface area (Å²) in [4.78, 5) is 37.5. The van der Waals surface area contributed by atoms with Crippen LogP contribution < -0.4 is 15.0 Å². The van der Waals surface area contributed by atoms with Crippen LogP contribution in [0.25, 0.3) is 21.3 Å². The SMILES string of the molecule is Cc1cc(OCC23CC(C)CC(CC(C)C2)C3)ccc1-c1ccc(N2CCc3cccc(C(=O)Nc4nc5ccccc5s4)c3C2)nc1C(=O)O. The molecule has 2 fully saturated rings. The van der Waals surface area contributed by atoms with Crippen molar-refractivity contribution in [1.29, 1.82) is 0 Å². The Bertz CT molecular complexity index is 2090. The van der Waals surface area contributed by atoms with Crippen molar-refractivity contribution < 1.29 is 19.4 Å². The number of aromatic nitrogens is 2. The third-order valence-corrected chi connectivity index (χ3v) is 12.2. The molecular formula is C42H44N4O4S. The van der Waals surface area contributed by atoms with Crippen LogP contribution in [0.5, 0.6) is 5.75 Å². The lowest BCUT2D eigenvalue weighted by Gasteiger charge is -2.49. The van der Waals surface area contributed by atoms with Crippen LogP contribution >= 0.6 is 11.3 Å². The van der Waals surface area contributed by atoms with E-state index in [1.54, 1.807) is 0 Å². The lowest BCUT2D eigenvalue weighted by Crippen LogP contribution is -2.42. The van der Waals surface area contributed by atoms with Gasteiger partial charge >= 0.3 is 5.97 Å². The number of rotatable bonds is 8. The topological polar surface area (TPSA) is 105 Å². The van der Waals surface area contributed by atoms with E-state index in [2.05, 4.69) is 35.1 Å². The summed E-state index contributed by atoms with van der Waals surface area (Å²) in [6.45, 7) is 8.62. The number of hydrogen-bond acceptors (Lipinski definition) is 7. The van der Waals surface area contributed by atoms with E-state index < -0.39 is 5.97 Å². The molecule has 0 radical (unpaired) electrons. The maximum absolute atomic E-state index is 13.5. The number of anilines is 2. The Balaban J connectivity index is 1.00. The van der Waals surface area contributed by atoms with E-state index in [1.807, 2.05) is 73.7 Å². The molecule has 8 nitrogen and oxygen atoms in total. The van der Waals surface area contributed by atoms with Crippen LogP contribution in [0.3, 0.4) is 0 Å². The quantitative estimate of drug-likeness (QED) is 0.166. The molecule has 3 heterocycles. The lowest BCUT2D eigenvalue weighted by molar-refractivity contribution is -0.0164. The molecule has 9 heteroatoms. The number of para-hydroxylation sites is 1. The Morgan fingerprint density at radius 2 is 1.75 bits per heavy atom. The van der Waals surface area contributed by atoms with E-state index in [0.29, 0.717) is 41.6 Å². The first kappa shape index (κ1) is 33.4. The minimum atomic E-state index is -1.08. The van der Waals surface area contributed by atoms with Crippen molar-refractivity contribution in [3.05, 3.63) is 101 Å². The van der Waals surface area contributed by atoms with E-state index in [4.69, 9.17) is 9.72 Å². The second-order valence-corrected chi connectivity index (χ2v) is 16.4. The molecule has 3 aromatic carbocycles. The summed E-state index contributed by atoms with van der Waals surface area (Å²) in [5, 5.41) is 13.9. The number of benzene rings is 3. The third kappa shape index (κ3) is 6.71. The lowest BCUT2D eigenvalue weighted by atomic mass is 9.57. The molecule has 2 N–H and O–H groups in total. The Labute approximate surface area is 302 Å². The van der Waals surface area contributed by atoms with E-state index in [0.717, 1.165) is 62.6 Å². The van der Waals surface area contributed by atoms with E-state index >= 15 is 0 Å². The molecule has 0 saturated heterocycles. The van der Waals surface area contributed by atoms with Crippen LogP contribution in [0.15, 0.2) is 72.8 Å². The summed E-state index contributed by atoms with van der Waals surface area (Å²) in [6.07, 6.45) is 7.11. The highest BCUT2D eigenvalue weighted by molar-refractivity contribution is 7.22. The van der Waals surface area contributed by atoms with Gasteiger partial charge in [-0.25, -0.2) is 14.8 Å². The fourth-order valence-corrected chi connectivity index (χ4v) is 10.3. The normalized spacial score (nSPS) is 22.7. The number of carbonyl (C=O) groups is 2. The van der Waals surface area contributed by atoms with E-state index in [-0.39, 0.29) is 17.0 Å². The predicted octanol–water partition coefficient (Wildman–Crippen LogP) is 9.41. The highest BCUT2D eigenvalue weighted by Gasteiger charge is 2.44.